The standard InChI is InChI=1S/C19H20F2N2O3S/c1-22-19(16-10-15(20)6-7-17(16)21)18(12-26-22)27(24,25)23-9-8-13-4-2-3-5-14(13)11-23/h2-7,10,18-19H,8-9,11-12H2,1H3/t18-,19-/m0/s1. The third-order valence-electron chi connectivity index (χ3n) is 5.30. The first kappa shape index (κ1) is 18.5. The van der Waals surface area contributed by atoms with Gasteiger partial charge in [0.25, 0.3) is 0 Å². The predicted molar refractivity (Wildman–Crippen MR) is 96.1 cm³/mol. The molecule has 0 bridgehead atoms. The number of hydroxylamine groups is 2. The number of hydrogen-bond donors (Lipinski definition) is 0. The molecule has 0 unspecified atom stereocenters. The fourth-order valence-electron chi connectivity index (χ4n) is 3.86. The second-order valence-corrected chi connectivity index (χ2v) is 9.04. The maximum absolute atomic E-state index is 14.3. The summed E-state index contributed by atoms with van der Waals surface area (Å²) in [5.41, 5.74) is 2.09. The summed E-state index contributed by atoms with van der Waals surface area (Å²) in [4.78, 5) is 5.41. The quantitative estimate of drug-likeness (QED) is 0.803. The van der Waals surface area contributed by atoms with Crippen LogP contribution in [0, 0.1) is 11.6 Å². The van der Waals surface area contributed by atoms with Gasteiger partial charge >= 0.3 is 0 Å². The van der Waals surface area contributed by atoms with Gasteiger partial charge in [0.15, 0.2) is 0 Å². The van der Waals surface area contributed by atoms with E-state index < -0.39 is 32.9 Å². The summed E-state index contributed by atoms with van der Waals surface area (Å²) in [5, 5.41) is 0.293. The first-order valence-electron chi connectivity index (χ1n) is 8.74. The summed E-state index contributed by atoms with van der Waals surface area (Å²) >= 11 is 0. The molecule has 0 aliphatic carbocycles. The highest BCUT2D eigenvalue weighted by Gasteiger charge is 2.47. The van der Waals surface area contributed by atoms with Gasteiger partial charge < -0.3 is 0 Å². The Morgan fingerprint density at radius 2 is 1.85 bits per heavy atom. The van der Waals surface area contributed by atoms with Crippen molar-refractivity contribution in [3.8, 4) is 0 Å². The van der Waals surface area contributed by atoms with E-state index in [1.54, 1.807) is 0 Å². The van der Waals surface area contributed by atoms with E-state index in [2.05, 4.69) is 0 Å². The van der Waals surface area contributed by atoms with Crippen LogP contribution in [0.2, 0.25) is 0 Å². The Labute approximate surface area is 157 Å². The van der Waals surface area contributed by atoms with Crippen molar-refractivity contribution in [2.45, 2.75) is 24.3 Å². The Bertz CT molecular complexity index is 967. The van der Waals surface area contributed by atoms with Crippen LogP contribution in [-0.2, 0) is 27.8 Å². The van der Waals surface area contributed by atoms with Gasteiger partial charge in [0.05, 0.1) is 12.6 Å². The van der Waals surface area contributed by atoms with Crippen LogP contribution in [0.1, 0.15) is 22.7 Å². The number of rotatable bonds is 3. The normalized spacial score (nSPS) is 24.1. The smallest absolute Gasteiger partial charge is 0.221 e. The molecule has 2 aromatic carbocycles. The average molecular weight is 394 g/mol. The zero-order chi connectivity index (χ0) is 19.2. The molecule has 2 aliphatic heterocycles. The van der Waals surface area contributed by atoms with E-state index in [1.807, 2.05) is 24.3 Å². The second-order valence-electron chi connectivity index (χ2n) is 6.89. The molecule has 0 saturated carbocycles. The van der Waals surface area contributed by atoms with Crippen LogP contribution >= 0.6 is 0 Å². The Morgan fingerprint density at radius 1 is 1.11 bits per heavy atom. The third-order valence-corrected chi connectivity index (χ3v) is 7.49. The van der Waals surface area contributed by atoms with E-state index in [1.165, 1.54) is 16.4 Å². The summed E-state index contributed by atoms with van der Waals surface area (Å²) in [7, 11) is -2.25. The van der Waals surface area contributed by atoms with Crippen molar-refractivity contribution < 1.29 is 22.0 Å². The maximum Gasteiger partial charge on any atom is 0.221 e. The fraction of sp³-hybridized carbons (Fsp3) is 0.368. The number of halogens is 2. The first-order chi connectivity index (χ1) is 12.9. The molecule has 4 rings (SSSR count). The van der Waals surface area contributed by atoms with Crippen molar-refractivity contribution in [2.24, 2.45) is 0 Å². The van der Waals surface area contributed by atoms with Gasteiger partial charge in [-0.3, -0.25) is 4.84 Å². The van der Waals surface area contributed by atoms with Gasteiger partial charge in [0.2, 0.25) is 10.0 Å². The van der Waals surface area contributed by atoms with Crippen LogP contribution < -0.4 is 0 Å². The number of fused-ring (bicyclic) bond motifs is 1. The van der Waals surface area contributed by atoms with Crippen molar-refractivity contribution in [1.82, 2.24) is 9.37 Å². The van der Waals surface area contributed by atoms with Gasteiger partial charge in [-0.05, 0) is 35.7 Å². The summed E-state index contributed by atoms with van der Waals surface area (Å²) < 4.78 is 56.1. The highest BCUT2D eigenvalue weighted by atomic mass is 32.2. The van der Waals surface area contributed by atoms with Crippen LogP contribution in [0.5, 0.6) is 0 Å². The number of hydrogen-bond acceptors (Lipinski definition) is 4. The lowest BCUT2D eigenvalue weighted by Crippen LogP contribution is -2.44. The van der Waals surface area contributed by atoms with E-state index in [-0.39, 0.29) is 18.7 Å². The molecule has 5 nitrogen and oxygen atoms in total. The molecule has 0 N–H and O–H groups in total. The summed E-state index contributed by atoms with van der Waals surface area (Å²) in [6.07, 6.45) is 0.623. The van der Waals surface area contributed by atoms with E-state index in [0.29, 0.717) is 13.0 Å². The van der Waals surface area contributed by atoms with Crippen LogP contribution in [0.3, 0.4) is 0 Å². The monoisotopic (exact) mass is 394 g/mol. The van der Waals surface area contributed by atoms with E-state index in [4.69, 9.17) is 4.84 Å². The molecule has 2 heterocycles. The second kappa shape index (κ2) is 6.94. The Balaban J connectivity index is 1.68. The van der Waals surface area contributed by atoms with Gasteiger partial charge in [0, 0.05) is 25.7 Å². The largest absolute Gasteiger partial charge is 0.297 e. The Morgan fingerprint density at radius 3 is 2.63 bits per heavy atom. The maximum atomic E-state index is 14.3. The van der Waals surface area contributed by atoms with Crippen molar-refractivity contribution in [3.05, 3.63) is 70.8 Å². The lowest BCUT2D eigenvalue weighted by atomic mass is 10.0. The molecular formula is C19H20F2N2O3S. The zero-order valence-corrected chi connectivity index (χ0v) is 15.6. The molecule has 1 fully saturated rings. The minimum Gasteiger partial charge on any atom is -0.297 e. The van der Waals surface area contributed by atoms with Gasteiger partial charge in [-0.2, -0.15) is 9.37 Å². The van der Waals surface area contributed by atoms with E-state index in [0.717, 1.165) is 29.3 Å². The van der Waals surface area contributed by atoms with Crippen molar-refractivity contribution in [1.29, 1.82) is 0 Å². The first-order valence-corrected chi connectivity index (χ1v) is 10.2. The highest BCUT2D eigenvalue weighted by molar-refractivity contribution is 7.89. The summed E-state index contributed by atoms with van der Waals surface area (Å²) in [5.74, 6) is -1.27. The number of nitrogens with zero attached hydrogens (tertiary/aromatic N) is 2. The number of sulfonamides is 1. The molecule has 8 heteroatoms. The van der Waals surface area contributed by atoms with Gasteiger partial charge in [-0.1, -0.05) is 24.3 Å². The van der Waals surface area contributed by atoms with Crippen molar-refractivity contribution in [2.75, 3.05) is 20.2 Å². The molecule has 2 aliphatic rings. The van der Waals surface area contributed by atoms with E-state index in [9.17, 15) is 17.2 Å². The molecule has 2 aromatic rings. The Kier molecular flexibility index (Phi) is 4.75. The topological polar surface area (TPSA) is 49.9 Å². The molecule has 0 radical (unpaired) electrons. The van der Waals surface area contributed by atoms with Gasteiger partial charge in [-0.15, -0.1) is 0 Å². The Hall–Kier alpha value is -1.87. The summed E-state index contributed by atoms with van der Waals surface area (Å²) in [6, 6.07) is 9.88. The fourth-order valence-corrected chi connectivity index (χ4v) is 5.79. The molecule has 144 valence electrons. The van der Waals surface area contributed by atoms with Crippen molar-refractivity contribution >= 4 is 10.0 Å². The molecule has 0 aromatic heterocycles. The minimum absolute atomic E-state index is 0.0130. The minimum atomic E-state index is -3.79. The molecular weight excluding hydrogens is 374 g/mol. The predicted octanol–water partition coefficient (Wildman–Crippen LogP) is 2.64. The highest BCUT2D eigenvalue weighted by Crippen LogP contribution is 2.37. The molecule has 2 atom stereocenters. The molecule has 1 saturated heterocycles. The SMILES string of the molecule is CN1OC[C@H](S(=O)(=O)N2CCc3ccccc3C2)[C@@H]1c1cc(F)ccc1F. The van der Waals surface area contributed by atoms with E-state index >= 15 is 0 Å². The van der Waals surface area contributed by atoms with Crippen molar-refractivity contribution in [3.63, 3.8) is 0 Å². The van der Waals surface area contributed by atoms with Gasteiger partial charge in [0.1, 0.15) is 16.9 Å². The average Bonchev–Trinajstić information content (AvgIpc) is 3.05. The van der Waals surface area contributed by atoms with Gasteiger partial charge in [-0.25, -0.2) is 17.2 Å². The van der Waals surface area contributed by atoms with Crippen LogP contribution in [0.4, 0.5) is 8.78 Å². The number of benzene rings is 2. The molecule has 0 amide bonds. The third kappa shape index (κ3) is 3.27. The lowest BCUT2D eigenvalue weighted by molar-refractivity contribution is -0.111. The van der Waals surface area contributed by atoms with Crippen LogP contribution in [0.25, 0.3) is 0 Å². The van der Waals surface area contributed by atoms with Crippen LogP contribution in [0.15, 0.2) is 42.5 Å². The molecule has 27 heavy (non-hydrogen) atoms. The molecule has 0 spiro atoms. The lowest BCUT2D eigenvalue weighted by Gasteiger charge is -2.32. The summed E-state index contributed by atoms with van der Waals surface area (Å²) in [6.45, 7) is 0.534. The zero-order valence-electron chi connectivity index (χ0n) is 14.8. The van der Waals surface area contributed by atoms with Crippen LogP contribution in [-0.4, -0.2) is 43.2 Å².